The van der Waals surface area contributed by atoms with Gasteiger partial charge in [0.1, 0.15) is 0 Å². The molecule has 0 radical (unpaired) electrons. The molecular formula is C25H26N4O4. The van der Waals surface area contributed by atoms with E-state index in [4.69, 9.17) is 9.26 Å². The zero-order valence-corrected chi connectivity index (χ0v) is 18.8. The van der Waals surface area contributed by atoms with Crippen molar-refractivity contribution in [2.24, 2.45) is 0 Å². The summed E-state index contributed by atoms with van der Waals surface area (Å²) in [5.74, 6) is 0.697. The van der Waals surface area contributed by atoms with Gasteiger partial charge in [-0.3, -0.25) is 9.59 Å². The molecule has 1 aromatic heterocycles. The molecule has 0 unspecified atom stereocenters. The average molecular weight is 447 g/mol. The van der Waals surface area contributed by atoms with E-state index in [0.29, 0.717) is 62.1 Å². The van der Waals surface area contributed by atoms with Crippen molar-refractivity contribution in [2.45, 2.75) is 26.2 Å². The van der Waals surface area contributed by atoms with Crippen LogP contribution in [0.5, 0.6) is 0 Å². The van der Waals surface area contributed by atoms with Crippen LogP contribution in [0.1, 0.15) is 39.7 Å². The highest BCUT2D eigenvalue weighted by Gasteiger charge is 2.35. The molecule has 2 amide bonds. The number of aryl methyl sites for hydroxylation is 2. The number of morpholine rings is 1. The summed E-state index contributed by atoms with van der Waals surface area (Å²) in [6.45, 7) is 6.87. The lowest BCUT2D eigenvalue weighted by Crippen LogP contribution is -2.40. The third-order valence-corrected chi connectivity index (χ3v) is 6.38. The molecule has 33 heavy (non-hydrogen) atoms. The molecule has 8 heteroatoms. The Morgan fingerprint density at radius 3 is 2.67 bits per heavy atom. The molecule has 2 fully saturated rings. The van der Waals surface area contributed by atoms with Crippen molar-refractivity contribution in [3.8, 4) is 11.4 Å². The largest absolute Gasteiger partial charge is 0.378 e. The number of rotatable bonds is 4. The van der Waals surface area contributed by atoms with Crippen molar-refractivity contribution in [1.82, 2.24) is 15.0 Å². The number of hydrogen-bond donors (Lipinski definition) is 0. The number of carbonyl (C=O) groups is 2. The second-order valence-corrected chi connectivity index (χ2v) is 8.62. The summed E-state index contributed by atoms with van der Waals surface area (Å²) in [7, 11) is 0. The zero-order chi connectivity index (χ0) is 22.9. The summed E-state index contributed by atoms with van der Waals surface area (Å²) in [5.41, 5.74) is 4.52. The molecule has 2 aliphatic rings. The summed E-state index contributed by atoms with van der Waals surface area (Å²) in [4.78, 5) is 33.6. The maximum Gasteiger partial charge on any atom is 0.254 e. The van der Waals surface area contributed by atoms with E-state index in [9.17, 15) is 9.59 Å². The monoisotopic (exact) mass is 446 g/mol. The van der Waals surface area contributed by atoms with Gasteiger partial charge in [0.05, 0.1) is 19.1 Å². The Morgan fingerprint density at radius 1 is 1.06 bits per heavy atom. The fourth-order valence-corrected chi connectivity index (χ4v) is 4.27. The smallest absolute Gasteiger partial charge is 0.254 e. The highest BCUT2D eigenvalue weighted by atomic mass is 16.5. The molecule has 2 saturated heterocycles. The van der Waals surface area contributed by atoms with Crippen molar-refractivity contribution >= 4 is 17.5 Å². The molecule has 8 nitrogen and oxygen atoms in total. The SMILES string of the molecule is Cc1ccc(N2C[C@@H](c3nc(-c4cccc(C(=O)N5CCOCC5)c4)no3)CC2=O)cc1C. The fraction of sp³-hybridized carbons (Fsp3) is 0.360. The number of carbonyl (C=O) groups excluding carboxylic acids is 2. The molecule has 5 rings (SSSR count). The second-order valence-electron chi connectivity index (χ2n) is 8.62. The summed E-state index contributed by atoms with van der Waals surface area (Å²) in [6, 6.07) is 13.3. The molecule has 0 aliphatic carbocycles. The van der Waals surface area contributed by atoms with Gasteiger partial charge in [-0.2, -0.15) is 4.98 Å². The summed E-state index contributed by atoms with van der Waals surface area (Å²) in [6.07, 6.45) is 0.324. The number of aromatic nitrogens is 2. The van der Waals surface area contributed by atoms with E-state index in [0.717, 1.165) is 11.3 Å². The van der Waals surface area contributed by atoms with Crippen molar-refractivity contribution < 1.29 is 18.8 Å². The molecule has 3 aromatic rings. The molecule has 0 spiro atoms. The summed E-state index contributed by atoms with van der Waals surface area (Å²) < 4.78 is 10.9. The zero-order valence-electron chi connectivity index (χ0n) is 18.8. The van der Waals surface area contributed by atoms with Crippen LogP contribution < -0.4 is 4.90 Å². The normalized spacial score (nSPS) is 18.7. The molecule has 3 heterocycles. The van der Waals surface area contributed by atoms with Gasteiger partial charge in [0, 0.05) is 42.9 Å². The third kappa shape index (κ3) is 4.26. The number of benzene rings is 2. The number of nitrogens with zero attached hydrogens (tertiary/aromatic N) is 4. The first-order valence-corrected chi connectivity index (χ1v) is 11.2. The number of amides is 2. The highest BCUT2D eigenvalue weighted by Crippen LogP contribution is 2.32. The summed E-state index contributed by atoms with van der Waals surface area (Å²) >= 11 is 0. The van der Waals surface area contributed by atoms with E-state index >= 15 is 0 Å². The van der Waals surface area contributed by atoms with Crippen molar-refractivity contribution in [3.63, 3.8) is 0 Å². The Morgan fingerprint density at radius 2 is 1.88 bits per heavy atom. The topological polar surface area (TPSA) is 88.8 Å². The molecule has 2 aromatic carbocycles. The van der Waals surface area contributed by atoms with Gasteiger partial charge < -0.3 is 19.1 Å². The highest BCUT2D eigenvalue weighted by molar-refractivity contribution is 5.96. The van der Waals surface area contributed by atoms with Crippen LogP contribution in [0, 0.1) is 13.8 Å². The van der Waals surface area contributed by atoms with Crippen LogP contribution >= 0.6 is 0 Å². The average Bonchev–Trinajstić information content (AvgIpc) is 3.48. The molecule has 0 N–H and O–H groups in total. The van der Waals surface area contributed by atoms with Crippen molar-refractivity contribution in [3.05, 3.63) is 65.0 Å². The minimum absolute atomic E-state index is 0.0331. The predicted octanol–water partition coefficient (Wildman–Crippen LogP) is 3.35. The van der Waals surface area contributed by atoms with E-state index in [2.05, 4.69) is 17.1 Å². The number of hydrogen-bond acceptors (Lipinski definition) is 6. The standard InChI is InChI=1S/C25H26N4O4/c1-16-6-7-21(12-17(16)2)29-15-20(14-22(29)30)24-26-23(27-33-24)18-4-3-5-19(13-18)25(31)28-8-10-32-11-9-28/h3-7,12-13,20H,8-11,14-15H2,1-2H3/t20-/m0/s1. The van der Waals surface area contributed by atoms with Crippen LogP contribution in [0.4, 0.5) is 5.69 Å². The van der Waals surface area contributed by atoms with E-state index in [-0.39, 0.29) is 17.7 Å². The van der Waals surface area contributed by atoms with Gasteiger partial charge in [0.25, 0.3) is 5.91 Å². The van der Waals surface area contributed by atoms with E-state index in [1.54, 1.807) is 21.9 Å². The van der Waals surface area contributed by atoms with Crippen LogP contribution in [0.3, 0.4) is 0 Å². The van der Waals surface area contributed by atoms with Crippen LogP contribution in [0.25, 0.3) is 11.4 Å². The van der Waals surface area contributed by atoms with Gasteiger partial charge in [-0.25, -0.2) is 0 Å². The van der Waals surface area contributed by atoms with Crippen LogP contribution in [0.15, 0.2) is 47.0 Å². The van der Waals surface area contributed by atoms with Crippen LogP contribution in [0.2, 0.25) is 0 Å². The first-order chi connectivity index (χ1) is 16.0. The number of ether oxygens (including phenoxy) is 1. The fourth-order valence-electron chi connectivity index (χ4n) is 4.27. The lowest BCUT2D eigenvalue weighted by Gasteiger charge is -2.26. The van der Waals surface area contributed by atoms with E-state index in [1.807, 2.05) is 37.3 Å². The Hall–Kier alpha value is -3.52. The molecular weight excluding hydrogens is 420 g/mol. The minimum Gasteiger partial charge on any atom is -0.378 e. The minimum atomic E-state index is -0.168. The predicted molar refractivity (Wildman–Crippen MR) is 122 cm³/mol. The Bertz CT molecular complexity index is 1200. The van der Waals surface area contributed by atoms with Crippen LogP contribution in [-0.4, -0.2) is 59.7 Å². The van der Waals surface area contributed by atoms with Crippen molar-refractivity contribution in [1.29, 1.82) is 0 Å². The van der Waals surface area contributed by atoms with Gasteiger partial charge in [-0.05, 0) is 49.2 Å². The number of anilines is 1. The van der Waals surface area contributed by atoms with Gasteiger partial charge in [0.15, 0.2) is 0 Å². The Balaban J connectivity index is 1.33. The van der Waals surface area contributed by atoms with E-state index < -0.39 is 0 Å². The lowest BCUT2D eigenvalue weighted by molar-refractivity contribution is -0.117. The molecule has 0 bridgehead atoms. The Kier molecular flexibility index (Phi) is 5.68. The third-order valence-electron chi connectivity index (χ3n) is 6.38. The lowest BCUT2D eigenvalue weighted by atomic mass is 10.1. The molecule has 1 atom stereocenters. The quantitative estimate of drug-likeness (QED) is 0.611. The van der Waals surface area contributed by atoms with Crippen LogP contribution in [-0.2, 0) is 9.53 Å². The Labute approximate surface area is 192 Å². The van der Waals surface area contributed by atoms with Gasteiger partial charge in [-0.15, -0.1) is 0 Å². The van der Waals surface area contributed by atoms with Gasteiger partial charge in [-0.1, -0.05) is 23.4 Å². The van der Waals surface area contributed by atoms with Crippen molar-refractivity contribution in [2.75, 3.05) is 37.7 Å². The van der Waals surface area contributed by atoms with E-state index in [1.165, 1.54) is 5.56 Å². The molecule has 170 valence electrons. The second kappa shape index (κ2) is 8.78. The van der Waals surface area contributed by atoms with Gasteiger partial charge in [0.2, 0.25) is 17.6 Å². The first kappa shape index (κ1) is 21.3. The van der Waals surface area contributed by atoms with Gasteiger partial charge >= 0.3 is 0 Å². The summed E-state index contributed by atoms with van der Waals surface area (Å²) in [5, 5.41) is 4.13. The molecule has 0 saturated carbocycles. The maximum absolute atomic E-state index is 12.8. The first-order valence-electron chi connectivity index (χ1n) is 11.2. The molecule has 2 aliphatic heterocycles. The maximum atomic E-state index is 12.8.